The first-order valence-electron chi connectivity index (χ1n) is 5.05. The molecule has 0 fully saturated rings. The monoisotopic (exact) mass is 234 g/mol. The number of hydrogen-bond acceptors (Lipinski definition) is 2. The normalized spacial score (nSPS) is 10.4. The fourth-order valence-corrected chi connectivity index (χ4v) is 1.65. The highest BCUT2D eigenvalue weighted by Crippen LogP contribution is 2.20. The van der Waals surface area contributed by atoms with Gasteiger partial charge in [-0.3, -0.25) is 0 Å². The molecule has 4 heteroatoms. The number of hydrogen-bond donors (Lipinski definition) is 1. The van der Waals surface area contributed by atoms with Gasteiger partial charge >= 0.3 is 0 Å². The number of aryl methyl sites for hydroxylation is 1. The van der Waals surface area contributed by atoms with Gasteiger partial charge in [0.1, 0.15) is 0 Å². The second-order valence-corrected chi connectivity index (χ2v) is 3.85. The zero-order chi connectivity index (χ0) is 11.5. The topological polar surface area (TPSA) is 28.7 Å². The summed E-state index contributed by atoms with van der Waals surface area (Å²) in [6, 6.07) is 7.71. The van der Waals surface area contributed by atoms with E-state index in [2.05, 4.69) is 16.9 Å². The van der Waals surface area contributed by atoms with E-state index < -0.39 is 5.82 Å². The maximum absolute atomic E-state index is 13.5. The minimum Gasteiger partial charge on any atom is -0.328 e. The number of H-pyrrole nitrogens is 1. The highest BCUT2D eigenvalue weighted by Gasteiger charge is 2.05. The SMILES string of the molecule is CCc1ccc(-c2[nH]c(=S)ncc2F)cc1. The largest absolute Gasteiger partial charge is 0.328 e. The van der Waals surface area contributed by atoms with Gasteiger partial charge < -0.3 is 4.98 Å². The van der Waals surface area contributed by atoms with Crippen molar-refractivity contribution in [3.8, 4) is 11.3 Å². The molecule has 0 amide bonds. The lowest BCUT2D eigenvalue weighted by molar-refractivity contribution is 0.617. The van der Waals surface area contributed by atoms with Crippen molar-refractivity contribution in [2.75, 3.05) is 0 Å². The summed E-state index contributed by atoms with van der Waals surface area (Å²) in [7, 11) is 0. The molecule has 1 aromatic heterocycles. The fourth-order valence-electron chi connectivity index (χ4n) is 1.50. The van der Waals surface area contributed by atoms with Crippen LogP contribution in [0, 0.1) is 10.6 Å². The quantitative estimate of drug-likeness (QED) is 0.805. The van der Waals surface area contributed by atoms with Crippen LogP contribution in [-0.4, -0.2) is 9.97 Å². The van der Waals surface area contributed by atoms with Gasteiger partial charge in [-0.25, -0.2) is 9.37 Å². The molecule has 2 aromatic rings. The van der Waals surface area contributed by atoms with Crippen molar-refractivity contribution in [2.24, 2.45) is 0 Å². The standard InChI is InChI=1S/C12H11FN2S/c1-2-8-3-5-9(6-4-8)11-10(13)7-14-12(16)15-11/h3-7H,2H2,1H3,(H,14,15,16). The molecule has 2 nitrogen and oxygen atoms in total. The van der Waals surface area contributed by atoms with Crippen LogP contribution in [0.2, 0.25) is 0 Å². The Morgan fingerprint density at radius 2 is 2.00 bits per heavy atom. The molecule has 0 aliphatic heterocycles. The van der Waals surface area contributed by atoms with E-state index >= 15 is 0 Å². The Kier molecular flexibility index (Phi) is 3.10. The predicted molar refractivity (Wildman–Crippen MR) is 64.2 cm³/mol. The second kappa shape index (κ2) is 4.53. The van der Waals surface area contributed by atoms with Crippen LogP contribution in [0.3, 0.4) is 0 Å². The van der Waals surface area contributed by atoms with Gasteiger partial charge in [0.05, 0.1) is 11.9 Å². The van der Waals surface area contributed by atoms with Crippen molar-refractivity contribution in [1.29, 1.82) is 0 Å². The third-order valence-corrected chi connectivity index (χ3v) is 2.62. The third-order valence-electron chi connectivity index (χ3n) is 2.42. The molecule has 0 bridgehead atoms. The van der Waals surface area contributed by atoms with Gasteiger partial charge in [0.15, 0.2) is 10.6 Å². The highest BCUT2D eigenvalue weighted by molar-refractivity contribution is 7.71. The molecular weight excluding hydrogens is 223 g/mol. The highest BCUT2D eigenvalue weighted by atomic mass is 32.1. The Hall–Kier alpha value is -1.55. The lowest BCUT2D eigenvalue weighted by Crippen LogP contribution is -1.92. The first-order chi connectivity index (χ1) is 7.70. The van der Waals surface area contributed by atoms with E-state index in [9.17, 15) is 4.39 Å². The number of rotatable bonds is 2. The molecule has 1 heterocycles. The number of halogens is 1. The van der Waals surface area contributed by atoms with Crippen LogP contribution in [-0.2, 0) is 6.42 Å². The van der Waals surface area contributed by atoms with Gasteiger partial charge in [0.2, 0.25) is 0 Å². The van der Waals surface area contributed by atoms with Crippen molar-refractivity contribution in [3.05, 3.63) is 46.6 Å². The summed E-state index contributed by atoms with van der Waals surface area (Å²) in [6.07, 6.45) is 2.11. The van der Waals surface area contributed by atoms with Crippen molar-refractivity contribution >= 4 is 12.2 Å². The predicted octanol–water partition coefficient (Wildman–Crippen LogP) is 3.51. The lowest BCUT2D eigenvalue weighted by Gasteiger charge is -2.04. The first-order valence-corrected chi connectivity index (χ1v) is 5.45. The Labute approximate surface area is 98.2 Å². The van der Waals surface area contributed by atoms with Crippen LogP contribution in [0.4, 0.5) is 4.39 Å². The minimum absolute atomic E-state index is 0.288. The molecule has 0 spiro atoms. The van der Waals surface area contributed by atoms with E-state index in [0.717, 1.165) is 18.2 Å². The van der Waals surface area contributed by atoms with Crippen molar-refractivity contribution in [2.45, 2.75) is 13.3 Å². The van der Waals surface area contributed by atoms with Gasteiger partial charge in [-0.1, -0.05) is 31.2 Å². The van der Waals surface area contributed by atoms with Crippen molar-refractivity contribution in [1.82, 2.24) is 9.97 Å². The number of nitrogens with zero attached hydrogens (tertiary/aromatic N) is 1. The number of aromatic amines is 1. The number of benzene rings is 1. The average Bonchev–Trinajstić information content (AvgIpc) is 2.32. The van der Waals surface area contributed by atoms with E-state index in [-0.39, 0.29) is 4.77 Å². The summed E-state index contributed by atoms with van der Waals surface area (Å²) < 4.78 is 13.8. The summed E-state index contributed by atoms with van der Waals surface area (Å²) in [5, 5.41) is 0. The van der Waals surface area contributed by atoms with Crippen LogP contribution >= 0.6 is 12.2 Å². The Balaban J connectivity index is 2.50. The molecule has 0 radical (unpaired) electrons. The van der Waals surface area contributed by atoms with E-state index in [1.807, 2.05) is 24.3 Å². The molecule has 0 aliphatic rings. The van der Waals surface area contributed by atoms with E-state index in [0.29, 0.717) is 5.69 Å². The number of aromatic nitrogens is 2. The molecule has 0 saturated heterocycles. The summed E-state index contributed by atoms with van der Waals surface area (Å²) in [4.78, 5) is 6.44. The lowest BCUT2D eigenvalue weighted by atomic mass is 10.1. The molecule has 1 N–H and O–H groups in total. The van der Waals surface area contributed by atoms with Gasteiger partial charge in [0.25, 0.3) is 0 Å². The van der Waals surface area contributed by atoms with Crippen LogP contribution in [0.5, 0.6) is 0 Å². The Bertz CT molecular complexity index is 546. The summed E-state index contributed by atoms with van der Waals surface area (Å²) in [6.45, 7) is 2.08. The minimum atomic E-state index is -0.391. The van der Waals surface area contributed by atoms with Gasteiger partial charge in [-0.2, -0.15) is 0 Å². The maximum Gasteiger partial charge on any atom is 0.197 e. The average molecular weight is 234 g/mol. The molecule has 1 aromatic carbocycles. The van der Waals surface area contributed by atoms with Crippen LogP contribution in [0.25, 0.3) is 11.3 Å². The zero-order valence-corrected chi connectivity index (χ0v) is 9.64. The molecule has 82 valence electrons. The molecule has 2 rings (SSSR count). The van der Waals surface area contributed by atoms with Crippen LogP contribution in [0.15, 0.2) is 30.5 Å². The summed E-state index contributed by atoms with van der Waals surface area (Å²) >= 11 is 4.87. The van der Waals surface area contributed by atoms with E-state index in [1.165, 1.54) is 5.56 Å². The van der Waals surface area contributed by atoms with Crippen molar-refractivity contribution in [3.63, 3.8) is 0 Å². The van der Waals surface area contributed by atoms with E-state index in [1.54, 1.807) is 0 Å². The van der Waals surface area contributed by atoms with Crippen LogP contribution < -0.4 is 0 Å². The zero-order valence-electron chi connectivity index (χ0n) is 8.83. The van der Waals surface area contributed by atoms with E-state index in [4.69, 9.17) is 12.2 Å². The smallest absolute Gasteiger partial charge is 0.197 e. The van der Waals surface area contributed by atoms with Crippen LogP contribution in [0.1, 0.15) is 12.5 Å². The summed E-state index contributed by atoms with van der Waals surface area (Å²) in [5.41, 5.74) is 2.39. The molecule has 0 unspecified atom stereocenters. The van der Waals surface area contributed by atoms with Gasteiger partial charge in [0, 0.05) is 5.56 Å². The molecule has 0 atom stereocenters. The molecular formula is C12H11FN2S. The molecule has 0 aliphatic carbocycles. The third kappa shape index (κ3) is 2.17. The first kappa shape index (κ1) is 11.0. The van der Waals surface area contributed by atoms with Crippen molar-refractivity contribution < 1.29 is 4.39 Å². The summed E-state index contributed by atoms with van der Waals surface area (Å²) in [5.74, 6) is -0.391. The molecule has 0 saturated carbocycles. The Morgan fingerprint density at radius 1 is 1.31 bits per heavy atom. The number of nitrogens with one attached hydrogen (secondary N) is 1. The van der Waals surface area contributed by atoms with Gasteiger partial charge in [-0.15, -0.1) is 0 Å². The second-order valence-electron chi connectivity index (χ2n) is 3.46. The molecule has 16 heavy (non-hydrogen) atoms. The maximum atomic E-state index is 13.5. The Morgan fingerprint density at radius 3 is 2.62 bits per heavy atom. The van der Waals surface area contributed by atoms with Gasteiger partial charge in [-0.05, 0) is 24.2 Å². The fraction of sp³-hybridized carbons (Fsp3) is 0.167.